The fraction of sp³-hybridized carbons (Fsp3) is 0.412. The molecule has 3 aromatic rings. The van der Waals surface area contributed by atoms with E-state index in [1.165, 1.54) is 4.88 Å². The second-order valence-electron chi connectivity index (χ2n) is 6.29. The molecule has 0 aliphatic carbocycles. The molecule has 0 aromatic carbocycles. The molecule has 6 nitrogen and oxygen atoms in total. The van der Waals surface area contributed by atoms with Gasteiger partial charge in [0.05, 0.1) is 6.54 Å². The van der Waals surface area contributed by atoms with E-state index in [9.17, 15) is 0 Å². The number of hydrogen-bond acceptors (Lipinski definition) is 6. The number of thiophene rings is 1. The summed E-state index contributed by atoms with van der Waals surface area (Å²) in [4.78, 5) is 13.0. The maximum absolute atomic E-state index is 6.13. The summed E-state index contributed by atoms with van der Waals surface area (Å²) >= 11 is 1.72. The van der Waals surface area contributed by atoms with Crippen LogP contribution in [-0.4, -0.2) is 45.6 Å². The fourth-order valence-corrected chi connectivity index (χ4v) is 4.13. The average Bonchev–Trinajstić information content (AvgIpc) is 3.30. The van der Waals surface area contributed by atoms with Crippen LogP contribution in [0.3, 0.4) is 0 Å². The molecule has 4 rings (SSSR count). The first-order valence-corrected chi connectivity index (χ1v) is 9.20. The van der Waals surface area contributed by atoms with E-state index in [-0.39, 0.29) is 0 Å². The normalized spacial score (nSPS) is 18.6. The smallest absolute Gasteiger partial charge is 0.202 e. The van der Waals surface area contributed by atoms with Crippen molar-refractivity contribution < 1.29 is 0 Å². The number of pyridine rings is 1. The molecular weight excluding hydrogens is 320 g/mol. The van der Waals surface area contributed by atoms with Crippen LogP contribution in [0.4, 0.5) is 5.95 Å². The van der Waals surface area contributed by atoms with Gasteiger partial charge >= 0.3 is 0 Å². The Morgan fingerprint density at radius 1 is 1.25 bits per heavy atom. The van der Waals surface area contributed by atoms with Crippen LogP contribution < -0.4 is 11.5 Å². The molecule has 3 aromatic heterocycles. The number of likely N-dealkylation sites (tertiary alicyclic amines) is 1. The Labute approximate surface area is 145 Å². The zero-order chi connectivity index (χ0) is 16.5. The molecule has 1 atom stereocenters. The highest BCUT2D eigenvalue weighted by atomic mass is 32.1. The van der Waals surface area contributed by atoms with Crippen LogP contribution in [0.2, 0.25) is 0 Å². The minimum atomic E-state index is 0.465. The molecule has 0 amide bonds. The number of nitrogen functional groups attached to an aromatic ring is 1. The van der Waals surface area contributed by atoms with Gasteiger partial charge in [0.25, 0.3) is 0 Å². The molecule has 126 valence electrons. The standard InChI is InChI=1S/C17H22N6S/c18-6-8-22-7-5-12(10-22)14-3-4-15-16(20-14)23(17(19)21-15)11-13-2-1-9-24-13/h1-4,9,12H,5-8,10-11,18H2,(H2,19,21). The van der Waals surface area contributed by atoms with Gasteiger partial charge in [0, 0.05) is 36.1 Å². The van der Waals surface area contributed by atoms with Crippen LogP contribution >= 0.6 is 11.3 Å². The zero-order valence-corrected chi connectivity index (χ0v) is 14.4. The lowest BCUT2D eigenvalue weighted by molar-refractivity contribution is 0.343. The van der Waals surface area contributed by atoms with Gasteiger partial charge in [0.15, 0.2) is 5.65 Å². The zero-order valence-electron chi connectivity index (χ0n) is 13.6. The van der Waals surface area contributed by atoms with Crippen LogP contribution in [0, 0.1) is 0 Å². The van der Waals surface area contributed by atoms with Crippen molar-refractivity contribution in [3.05, 3.63) is 40.2 Å². The summed E-state index contributed by atoms with van der Waals surface area (Å²) in [7, 11) is 0. The van der Waals surface area contributed by atoms with Gasteiger partial charge < -0.3 is 16.4 Å². The molecule has 1 fully saturated rings. The second kappa shape index (κ2) is 6.51. The number of fused-ring (bicyclic) bond motifs is 1. The molecular formula is C17H22N6S. The maximum Gasteiger partial charge on any atom is 0.202 e. The predicted octanol–water partition coefficient (Wildman–Crippen LogP) is 1.87. The van der Waals surface area contributed by atoms with E-state index in [2.05, 4.69) is 33.5 Å². The van der Waals surface area contributed by atoms with Crippen LogP contribution in [-0.2, 0) is 6.54 Å². The maximum atomic E-state index is 6.13. The Morgan fingerprint density at radius 3 is 2.96 bits per heavy atom. The molecule has 0 spiro atoms. The molecule has 4 N–H and O–H groups in total. The number of nitrogens with two attached hydrogens (primary N) is 2. The van der Waals surface area contributed by atoms with Crippen LogP contribution in [0.1, 0.15) is 22.9 Å². The van der Waals surface area contributed by atoms with Gasteiger partial charge in [-0.2, -0.15) is 0 Å². The van der Waals surface area contributed by atoms with Crippen molar-refractivity contribution in [1.82, 2.24) is 19.4 Å². The van der Waals surface area contributed by atoms with Gasteiger partial charge in [-0.25, -0.2) is 9.97 Å². The largest absolute Gasteiger partial charge is 0.369 e. The Hall–Kier alpha value is -1.96. The number of nitrogens with zero attached hydrogens (tertiary/aromatic N) is 4. The summed E-state index contributed by atoms with van der Waals surface area (Å²) in [5.41, 5.74) is 14.7. The quantitative estimate of drug-likeness (QED) is 0.739. The summed E-state index contributed by atoms with van der Waals surface area (Å²) in [6.45, 7) is 4.52. The van der Waals surface area contributed by atoms with E-state index in [0.717, 1.165) is 49.5 Å². The summed E-state index contributed by atoms with van der Waals surface area (Å²) in [5.74, 6) is 0.992. The molecule has 1 saturated heterocycles. The molecule has 7 heteroatoms. The van der Waals surface area contributed by atoms with E-state index < -0.39 is 0 Å². The number of aromatic nitrogens is 3. The number of imidazole rings is 1. The molecule has 1 aliphatic rings. The summed E-state index contributed by atoms with van der Waals surface area (Å²) < 4.78 is 2.01. The highest BCUT2D eigenvalue weighted by Gasteiger charge is 2.25. The van der Waals surface area contributed by atoms with Crippen molar-refractivity contribution in [2.24, 2.45) is 5.73 Å². The van der Waals surface area contributed by atoms with Crippen LogP contribution in [0.5, 0.6) is 0 Å². The number of rotatable bonds is 5. The molecule has 1 unspecified atom stereocenters. The van der Waals surface area contributed by atoms with Crippen molar-refractivity contribution in [3.8, 4) is 0 Å². The third kappa shape index (κ3) is 2.90. The SMILES string of the molecule is NCCN1CCC(c2ccc3nc(N)n(Cc4cccs4)c3n2)C1. The van der Waals surface area contributed by atoms with Gasteiger partial charge in [-0.05, 0) is 36.5 Å². The van der Waals surface area contributed by atoms with Gasteiger partial charge in [-0.3, -0.25) is 4.57 Å². The van der Waals surface area contributed by atoms with Gasteiger partial charge in [-0.15, -0.1) is 11.3 Å². The predicted molar refractivity (Wildman–Crippen MR) is 98.2 cm³/mol. The molecule has 0 saturated carbocycles. The first-order chi connectivity index (χ1) is 11.7. The first kappa shape index (κ1) is 15.6. The van der Waals surface area contributed by atoms with Crippen molar-refractivity contribution in [2.75, 3.05) is 31.9 Å². The van der Waals surface area contributed by atoms with Crippen molar-refractivity contribution >= 4 is 28.4 Å². The highest BCUT2D eigenvalue weighted by molar-refractivity contribution is 7.09. The minimum absolute atomic E-state index is 0.465. The Bertz CT molecular complexity index is 825. The Balaban J connectivity index is 1.64. The Kier molecular flexibility index (Phi) is 4.22. The van der Waals surface area contributed by atoms with Crippen LogP contribution in [0.15, 0.2) is 29.6 Å². The van der Waals surface area contributed by atoms with Crippen molar-refractivity contribution in [3.63, 3.8) is 0 Å². The van der Waals surface area contributed by atoms with Gasteiger partial charge in [-0.1, -0.05) is 6.07 Å². The Morgan fingerprint density at radius 2 is 2.17 bits per heavy atom. The molecule has 24 heavy (non-hydrogen) atoms. The van der Waals surface area contributed by atoms with Crippen molar-refractivity contribution in [1.29, 1.82) is 0 Å². The number of hydrogen-bond donors (Lipinski definition) is 2. The molecule has 0 radical (unpaired) electrons. The lowest BCUT2D eigenvalue weighted by Crippen LogP contribution is -2.27. The van der Waals surface area contributed by atoms with Crippen LogP contribution in [0.25, 0.3) is 11.2 Å². The average molecular weight is 342 g/mol. The van der Waals surface area contributed by atoms with Crippen molar-refractivity contribution in [2.45, 2.75) is 18.9 Å². The third-order valence-corrected chi connectivity index (χ3v) is 5.53. The van der Waals surface area contributed by atoms with E-state index in [1.54, 1.807) is 11.3 Å². The molecule has 4 heterocycles. The first-order valence-electron chi connectivity index (χ1n) is 8.32. The van der Waals surface area contributed by atoms with E-state index in [1.807, 2.05) is 10.6 Å². The second-order valence-corrected chi connectivity index (χ2v) is 7.32. The summed E-state index contributed by atoms with van der Waals surface area (Å²) in [5, 5.41) is 2.08. The third-order valence-electron chi connectivity index (χ3n) is 4.67. The topological polar surface area (TPSA) is 86.0 Å². The molecule has 0 bridgehead atoms. The minimum Gasteiger partial charge on any atom is -0.369 e. The lowest BCUT2D eigenvalue weighted by atomic mass is 10.0. The van der Waals surface area contributed by atoms with E-state index in [0.29, 0.717) is 18.4 Å². The van der Waals surface area contributed by atoms with E-state index in [4.69, 9.17) is 16.5 Å². The lowest BCUT2D eigenvalue weighted by Gasteiger charge is -2.14. The molecule has 1 aliphatic heterocycles. The van der Waals surface area contributed by atoms with Gasteiger partial charge in [0.1, 0.15) is 5.52 Å². The highest BCUT2D eigenvalue weighted by Crippen LogP contribution is 2.28. The van der Waals surface area contributed by atoms with E-state index >= 15 is 0 Å². The summed E-state index contributed by atoms with van der Waals surface area (Å²) in [6.07, 6.45) is 1.13. The number of anilines is 1. The fourth-order valence-electron chi connectivity index (χ4n) is 3.44. The van der Waals surface area contributed by atoms with Gasteiger partial charge in [0.2, 0.25) is 5.95 Å². The summed E-state index contributed by atoms with van der Waals surface area (Å²) in [6, 6.07) is 8.31. The monoisotopic (exact) mass is 342 g/mol.